The molecule has 0 bridgehead atoms. The Morgan fingerprint density at radius 3 is 2.45 bits per heavy atom. The first-order valence-corrected chi connectivity index (χ1v) is 13.3. The summed E-state index contributed by atoms with van der Waals surface area (Å²) in [5, 5.41) is 0.124. The third kappa shape index (κ3) is 5.16. The van der Waals surface area contributed by atoms with Crippen molar-refractivity contribution in [3.05, 3.63) is 59.3 Å². The van der Waals surface area contributed by atoms with Crippen molar-refractivity contribution in [2.75, 3.05) is 43.4 Å². The van der Waals surface area contributed by atoms with Gasteiger partial charge in [0.1, 0.15) is 5.82 Å². The molecule has 2 aliphatic heterocycles. The number of hydrogen-bond acceptors (Lipinski definition) is 8. The number of likely N-dealkylation sites (tertiary alicyclic amines) is 1. The molecule has 2 aliphatic rings. The van der Waals surface area contributed by atoms with Crippen LogP contribution in [0.15, 0.2) is 42.9 Å². The molecule has 0 unspecified atom stereocenters. The van der Waals surface area contributed by atoms with Gasteiger partial charge < -0.3 is 25.8 Å². The largest absolute Gasteiger partial charge is 0.382 e. The van der Waals surface area contributed by atoms with Crippen LogP contribution in [0.4, 0.5) is 11.6 Å². The van der Waals surface area contributed by atoms with Crippen LogP contribution in [0.5, 0.6) is 0 Å². The number of nitrogen functional groups attached to an aromatic ring is 1. The molecule has 11 nitrogen and oxygen atoms in total. The zero-order valence-corrected chi connectivity index (χ0v) is 22.1. The van der Waals surface area contributed by atoms with Gasteiger partial charge in [0.05, 0.1) is 5.56 Å². The maximum atomic E-state index is 13.1. The standard InChI is InChI=1S/C26H32ClN9O2/c1-2-18-16-35(25-22(27)31-21(24(29)37)23(28)32-25)13-14-36(18)19-7-11-34(12-8-19)26(38)17-5-6-20(30-15-17)33-9-3-4-10-33/h3-6,9-10,15,18-19H,2,7-8,11-14,16H2,1H3,(H2,28,32)(H2,29,37)/t18-/m0/s1. The van der Waals surface area contributed by atoms with E-state index in [0.717, 1.165) is 38.2 Å². The monoisotopic (exact) mass is 537 g/mol. The summed E-state index contributed by atoms with van der Waals surface area (Å²) in [6.45, 7) is 5.85. The zero-order valence-electron chi connectivity index (χ0n) is 21.3. The summed E-state index contributed by atoms with van der Waals surface area (Å²) in [6.07, 6.45) is 8.29. The van der Waals surface area contributed by atoms with E-state index in [1.807, 2.05) is 46.1 Å². The number of primary amides is 1. The Morgan fingerprint density at radius 1 is 1.08 bits per heavy atom. The Kier molecular flexibility index (Phi) is 7.48. The maximum absolute atomic E-state index is 13.1. The zero-order chi connectivity index (χ0) is 26.8. The fraction of sp³-hybridized carbons (Fsp3) is 0.423. The predicted molar refractivity (Wildman–Crippen MR) is 145 cm³/mol. The molecule has 12 heteroatoms. The van der Waals surface area contributed by atoms with E-state index in [4.69, 9.17) is 23.1 Å². The van der Waals surface area contributed by atoms with E-state index in [-0.39, 0.29) is 28.6 Å². The van der Waals surface area contributed by atoms with Crippen molar-refractivity contribution >= 4 is 35.1 Å². The first-order chi connectivity index (χ1) is 18.4. The van der Waals surface area contributed by atoms with E-state index in [9.17, 15) is 9.59 Å². The van der Waals surface area contributed by atoms with Crippen molar-refractivity contribution in [3.8, 4) is 5.82 Å². The lowest BCUT2D eigenvalue weighted by atomic mass is 9.98. The van der Waals surface area contributed by atoms with Gasteiger partial charge in [-0.1, -0.05) is 18.5 Å². The van der Waals surface area contributed by atoms with Gasteiger partial charge in [-0.2, -0.15) is 0 Å². The molecule has 0 saturated carbocycles. The van der Waals surface area contributed by atoms with Crippen molar-refractivity contribution in [1.29, 1.82) is 0 Å². The Morgan fingerprint density at radius 2 is 1.82 bits per heavy atom. The number of nitrogens with zero attached hydrogens (tertiary/aromatic N) is 7. The van der Waals surface area contributed by atoms with E-state index >= 15 is 0 Å². The number of nitrogens with two attached hydrogens (primary N) is 2. The summed E-state index contributed by atoms with van der Waals surface area (Å²) in [5.74, 6) is 0.517. The lowest BCUT2D eigenvalue weighted by molar-refractivity contribution is 0.0490. The summed E-state index contributed by atoms with van der Waals surface area (Å²) < 4.78 is 1.91. The highest BCUT2D eigenvalue weighted by molar-refractivity contribution is 6.32. The molecule has 0 aliphatic carbocycles. The van der Waals surface area contributed by atoms with Crippen molar-refractivity contribution in [2.45, 2.75) is 38.3 Å². The highest BCUT2D eigenvalue weighted by atomic mass is 35.5. The van der Waals surface area contributed by atoms with Crippen LogP contribution in [0.1, 0.15) is 47.0 Å². The lowest BCUT2D eigenvalue weighted by Crippen LogP contribution is -2.58. The minimum atomic E-state index is -0.755. The quantitative estimate of drug-likeness (QED) is 0.488. The number of piperazine rings is 1. The summed E-state index contributed by atoms with van der Waals surface area (Å²) >= 11 is 6.35. The fourth-order valence-corrected chi connectivity index (χ4v) is 5.69. The molecule has 38 heavy (non-hydrogen) atoms. The first-order valence-electron chi connectivity index (χ1n) is 12.9. The molecule has 3 aromatic rings. The number of carbonyl (C=O) groups is 2. The van der Waals surface area contributed by atoms with E-state index in [1.165, 1.54) is 0 Å². The van der Waals surface area contributed by atoms with Crippen LogP contribution in [-0.4, -0.2) is 85.9 Å². The summed E-state index contributed by atoms with van der Waals surface area (Å²) in [7, 11) is 0. The third-order valence-corrected chi connectivity index (χ3v) is 7.73. The second kappa shape index (κ2) is 11.0. The van der Waals surface area contributed by atoms with Crippen molar-refractivity contribution < 1.29 is 9.59 Å². The van der Waals surface area contributed by atoms with Gasteiger partial charge in [0, 0.05) is 63.4 Å². The van der Waals surface area contributed by atoms with E-state index < -0.39 is 5.91 Å². The average Bonchev–Trinajstić information content (AvgIpc) is 3.48. The van der Waals surface area contributed by atoms with Crippen molar-refractivity contribution in [2.24, 2.45) is 5.73 Å². The topological polar surface area (TPSA) is 140 Å². The van der Waals surface area contributed by atoms with Gasteiger partial charge in [0.25, 0.3) is 11.8 Å². The van der Waals surface area contributed by atoms with Crippen LogP contribution >= 0.6 is 11.6 Å². The molecule has 5 heterocycles. The van der Waals surface area contributed by atoms with Crippen molar-refractivity contribution in [1.82, 2.24) is 29.3 Å². The smallest absolute Gasteiger partial charge is 0.271 e. The van der Waals surface area contributed by atoms with Crippen LogP contribution in [0, 0.1) is 0 Å². The Bertz CT molecular complexity index is 1290. The molecule has 0 aromatic carbocycles. The van der Waals surface area contributed by atoms with E-state index in [1.54, 1.807) is 6.20 Å². The number of amides is 2. The van der Waals surface area contributed by atoms with E-state index in [2.05, 4.69) is 31.7 Å². The Balaban J connectivity index is 1.19. The number of rotatable bonds is 6. The van der Waals surface area contributed by atoms with Gasteiger partial charge in [-0.15, -0.1) is 0 Å². The third-order valence-electron chi connectivity index (χ3n) is 7.48. The van der Waals surface area contributed by atoms with Gasteiger partial charge in [0.2, 0.25) is 0 Å². The minimum absolute atomic E-state index is 0.0148. The Hall–Kier alpha value is -3.70. The normalized spacial score (nSPS) is 19.1. The molecule has 2 amide bonds. The van der Waals surface area contributed by atoms with Gasteiger partial charge >= 0.3 is 0 Å². The molecule has 5 rings (SSSR count). The molecular weight excluding hydrogens is 506 g/mol. The number of hydrogen-bond donors (Lipinski definition) is 2. The molecule has 0 radical (unpaired) electrons. The second-order valence-electron chi connectivity index (χ2n) is 9.70. The summed E-state index contributed by atoms with van der Waals surface area (Å²) in [6, 6.07) is 8.28. The molecule has 2 fully saturated rings. The molecule has 4 N–H and O–H groups in total. The van der Waals surface area contributed by atoms with Crippen LogP contribution in [-0.2, 0) is 0 Å². The van der Waals surface area contributed by atoms with Crippen LogP contribution in [0.25, 0.3) is 5.82 Å². The molecule has 1 atom stereocenters. The van der Waals surface area contributed by atoms with Gasteiger partial charge in [-0.3, -0.25) is 14.5 Å². The van der Waals surface area contributed by atoms with Crippen LogP contribution in [0.3, 0.4) is 0 Å². The Labute approximate surface area is 226 Å². The molecule has 2 saturated heterocycles. The molecule has 3 aromatic heterocycles. The lowest BCUT2D eigenvalue weighted by Gasteiger charge is -2.47. The average molecular weight is 538 g/mol. The number of aromatic nitrogens is 4. The van der Waals surface area contributed by atoms with Gasteiger partial charge in [-0.05, 0) is 43.5 Å². The number of pyridine rings is 1. The SMILES string of the molecule is CC[C@H]1CN(c2nc(N)c(C(N)=O)nc2Cl)CCN1C1CCN(C(=O)c2ccc(-n3cccc3)nc2)CC1. The number of piperidine rings is 1. The highest BCUT2D eigenvalue weighted by Crippen LogP contribution is 2.30. The van der Waals surface area contributed by atoms with Gasteiger partial charge in [0.15, 0.2) is 22.5 Å². The molecule has 200 valence electrons. The van der Waals surface area contributed by atoms with Crippen molar-refractivity contribution in [3.63, 3.8) is 0 Å². The second-order valence-corrected chi connectivity index (χ2v) is 10.1. The molecular formula is C26H32ClN9O2. The van der Waals surface area contributed by atoms with Crippen LogP contribution < -0.4 is 16.4 Å². The van der Waals surface area contributed by atoms with E-state index in [0.29, 0.717) is 37.1 Å². The van der Waals surface area contributed by atoms with Crippen LogP contribution in [0.2, 0.25) is 5.15 Å². The number of halogens is 1. The van der Waals surface area contributed by atoms with Gasteiger partial charge in [-0.25, -0.2) is 15.0 Å². The predicted octanol–water partition coefficient (Wildman–Crippen LogP) is 2.20. The number of anilines is 2. The summed E-state index contributed by atoms with van der Waals surface area (Å²) in [5.41, 5.74) is 11.7. The maximum Gasteiger partial charge on any atom is 0.271 e. The number of carbonyl (C=O) groups excluding carboxylic acids is 2. The minimum Gasteiger partial charge on any atom is -0.382 e. The first kappa shape index (κ1) is 25.9. The fourth-order valence-electron chi connectivity index (χ4n) is 5.44. The molecule has 0 spiro atoms. The highest BCUT2D eigenvalue weighted by Gasteiger charge is 2.35. The summed E-state index contributed by atoms with van der Waals surface area (Å²) in [4.78, 5) is 44.1.